The highest BCUT2D eigenvalue weighted by Gasteiger charge is 2.25. The number of aromatic nitrogens is 1. The Hall–Kier alpha value is -2.70. The van der Waals surface area contributed by atoms with E-state index in [-0.39, 0.29) is 5.69 Å². The third-order valence-electron chi connectivity index (χ3n) is 3.67. The van der Waals surface area contributed by atoms with E-state index in [2.05, 4.69) is 10.3 Å². The minimum absolute atomic E-state index is 0.241. The van der Waals surface area contributed by atoms with Gasteiger partial charge in [0, 0.05) is 16.0 Å². The molecule has 5 nitrogen and oxygen atoms in total. The van der Waals surface area contributed by atoms with Crippen molar-refractivity contribution >= 4 is 34.8 Å². The van der Waals surface area contributed by atoms with Gasteiger partial charge in [0.25, 0.3) is 5.91 Å². The summed E-state index contributed by atoms with van der Waals surface area (Å²) in [5, 5.41) is 5.66. The van der Waals surface area contributed by atoms with Crippen LogP contribution in [-0.2, 0) is 9.53 Å². The zero-order valence-electron chi connectivity index (χ0n) is 13.8. The molecule has 0 aliphatic rings. The first-order valence-corrected chi connectivity index (χ1v) is 8.99. The van der Waals surface area contributed by atoms with E-state index in [0.29, 0.717) is 15.6 Å². The van der Waals surface area contributed by atoms with Gasteiger partial charge in [-0.05, 0) is 17.7 Å². The van der Waals surface area contributed by atoms with Crippen LogP contribution >= 0.6 is 22.9 Å². The van der Waals surface area contributed by atoms with Crippen molar-refractivity contribution in [1.29, 1.82) is 0 Å². The molecule has 7 heteroatoms. The fourth-order valence-corrected chi connectivity index (χ4v) is 3.28. The summed E-state index contributed by atoms with van der Waals surface area (Å²) in [4.78, 5) is 29.0. The van der Waals surface area contributed by atoms with Gasteiger partial charge in [0.05, 0.1) is 7.11 Å². The van der Waals surface area contributed by atoms with E-state index in [1.807, 2.05) is 18.2 Å². The molecule has 132 valence electrons. The lowest BCUT2D eigenvalue weighted by atomic mass is 10.1. The van der Waals surface area contributed by atoms with E-state index in [4.69, 9.17) is 16.3 Å². The van der Waals surface area contributed by atoms with Crippen LogP contribution in [0, 0.1) is 0 Å². The summed E-state index contributed by atoms with van der Waals surface area (Å²) >= 11 is 7.23. The average molecular weight is 387 g/mol. The SMILES string of the molecule is COC(=O)C(NC(=O)c1csc(-c2ccc(Cl)cc2)n1)c1ccccc1. The van der Waals surface area contributed by atoms with Crippen molar-refractivity contribution in [3.05, 3.63) is 76.3 Å². The molecule has 0 radical (unpaired) electrons. The molecule has 0 spiro atoms. The highest BCUT2D eigenvalue weighted by atomic mass is 35.5. The summed E-state index contributed by atoms with van der Waals surface area (Å²) < 4.78 is 4.81. The van der Waals surface area contributed by atoms with Gasteiger partial charge >= 0.3 is 5.97 Å². The maximum absolute atomic E-state index is 12.6. The van der Waals surface area contributed by atoms with Crippen molar-refractivity contribution in [3.8, 4) is 10.6 Å². The summed E-state index contributed by atoms with van der Waals surface area (Å²) in [5.41, 5.74) is 1.75. The Bertz CT molecular complexity index is 910. The molecular formula is C19H15ClN2O3S. The van der Waals surface area contributed by atoms with Crippen LogP contribution < -0.4 is 5.32 Å². The van der Waals surface area contributed by atoms with Crippen molar-refractivity contribution in [2.75, 3.05) is 7.11 Å². The summed E-state index contributed by atoms with van der Waals surface area (Å²) in [6, 6.07) is 15.2. The predicted molar refractivity (Wildman–Crippen MR) is 101 cm³/mol. The predicted octanol–water partition coefficient (Wildman–Crippen LogP) is 4.11. The Balaban J connectivity index is 1.80. The number of carbonyl (C=O) groups excluding carboxylic acids is 2. The molecule has 3 rings (SSSR count). The number of hydrogen-bond donors (Lipinski definition) is 1. The summed E-state index contributed by atoms with van der Waals surface area (Å²) in [6.07, 6.45) is 0. The molecule has 1 unspecified atom stereocenters. The topological polar surface area (TPSA) is 68.3 Å². The van der Waals surface area contributed by atoms with Gasteiger partial charge in [-0.2, -0.15) is 0 Å². The van der Waals surface area contributed by atoms with Gasteiger partial charge in [-0.25, -0.2) is 9.78 Å². The number of halogens is 1. The second-order valence-electron chi connectivity index (χ2n) is 5.39. The van der Waals surface area contributed by atoms with Crippen molar-refractivity contribution in [2.24, 2.45) is 0 Å². The largest absolute Gasteiger partial charge is 0.467 e. The fourth-order valence-electron chi connectivity index (χ4n) is 2.35. The number of thiazole rings is 1. The normalized spacial score (nSPS) is 11.6. The van der Waals surface area contributed by atoms with Gasteiger partial charge in [0.2, 0.25) is 0 Å². The summed E-state index contributed by atoms with van der Waals surface area (Å²) in [6.45, 7) is 0. The Kier molecular flexibility index (Phi) is 5.65. The summed E-state index contributed by atoms with van der Waals surface area (Å²) in [5.74, 6) is -0.988. The van der Waals surface area contributed by atoms with E-state index < -0.39 is 17.9 Å². The number of benzene rings is 2. The molecule has 0 bridgehead atoms. The van der Waals surface area contributed by atoms with Crippen molar-refractivity contribution in [1.82, 2.24) is 10.3 Å². The van der Waals surface area contributed by atoms with Gasteiger partial charge in [-0.15, -0.1) is 11.3 Å². The zero-order chi connectivity index (χ0) is 18.5. The van der Waals surface area contributed by atoms with E-state index in [1.165, 1.54) is 18.4 Å². The van der Waals surface area contributed by atoms with Crippen LogP contribution in [0.2, 0.25) is 5.02 Å². The summed E-state index contributed by atoms with van der Waals surface area (Å²) in [7, 11) is 1.28. The average Bonchev–Trinajstić information content (AvgIpc) is 3.17. The first kappa shape index (κ1) is 18.1. The highest BCUT2D eigenvalue weighted by molar-refractivity contribution is 7.13. The van der Waals surface area contributed by atoms with Gasteiger partial charge < -0.3 is 10.1 Å². The molecule has 3 aromatic rings. The Morgan fingerprint density at radius 1 is 1.12 bits per heavy atom. The molecule has 2 aromatic carbocycles. The van der Waals surface area contributed by atoms with Crippen LogP contribution in [0.5, 0.6) is 0 Å². The second kappa shape index (κ2) is 8.12. The molecule has 1 aromatic heterocycles. The second-order valence-corrected chi connectivity index (χ2v) is 6.68. The molecule has 0 saturated carbocycles. The fraction of sp³-hybridized carbons (Fsp3) is 0.105. The van der Waals surface area contributed by atoms with Crippen LogP contribution in [0.4, 0.5) is 0 Å². The van der Waals surface area contributed by atoms with E-state index >= 15 is 0 Å². The number of ether oxygens (including phenoxy) is 1. The third kappa shape index (κ3) is 4.09. The first-order valence-electron chi connectivity index (χ1n) is 7.73. The monoisotopic (exact) mass is 386 g/mol. The van der Waals surface area contributed by atoms with E-state index in [0.717, 1.165) is 5.56 Å². The molecule has 0 saturated heterocycles. The number of hydrogen-bond acceptors (Lipinski definition) is 5. The van der Waals surface area contributed by atoms with Crippen molar-refractivity contribution in [3.63, 3.8) is 0 Å². The maximum Gasteiger partial charge on any atom is 0.333 e. The molecule has 0 aliphatic heterocycles. The van der Waals surface area contributed by atoms with Crippen LogP contribution in [0.1, 0.15) is 22.1 Å². The number of rotatable bonds is 5. The number of amides is 1. The quantitative estimate of drug-likeness (QED) is 0.670. The third-order valence-corrected chi connectivity index (χ3v) is 4.82. The van der Waals surface area contributed by atoms with Gasteiger partial charge in [-0.3, -0.25) is 4.79 Å². The van der Waals surface area contributed by atoms with Gasteiger partial charge in [-0.1, -0.05) is 54.1 Å². The minimum Gasteiger partial charge on any atom is -0.467 e. The lowest BCUT2D eigenvalue weighted by Crippen LogP contribution is -2.34. The van der Waals surface area contributed by atoms with Gasteiger partial charge in [0.1, 0.15) is 10.7 Å². The smallest absolute Gasteiger partial charge is 0.333 e. The van der Waals surface area contributed by atoms with Crippen molar-refractivity contribution < 1.29 is 14.3 Å². The Morgan fingerprint density at radius 2 is 1.81 bits per heavy atom. The van der Waals surface area contributed by atoms with Gasteiger partial charge in [0.15, 0.2) is 6.04 Å². The number of nitrogens with one attached hydrogen (secondary N) is 1. The standard InChI is InChI=1S/C19H15ClN2O3S/c1-25-19(24)16(12-5-3-2-4-6-12)22-17(23)15-11-26-18(21-15)13-7-9-14(20)10-8-13/h2-11,16H,1H3,(H,22,23). The van der Waals surface area contributed by atoms with E-state index in [9.17, 15) is 9.59 Å². The first-order chi connectivity index (χ1) is 12.6. The molecule has 1 amide bonds. The number of esters is 1. The lowest BCUT2D eigenvalue weighted by molar-refractivity contribution is -0.143. The lowest BCUT2D eigenvalue weighted by Gasteiger charge is -2.16. The molecule has 1 atom stereocenters. The van der Waals surface area contributed by atoms with Crippen molar-refractivity contribution in [2.45, 2.75) is 6.04 Å². The highest BCUT2D eigenvalue weighted by Crippen LogP contribution is 2.25. The molecular weight excluding hydrogens is 372 g/mol. The molecule has 0 aliphatic carbocycles. The Morgan fingerprint density at radius 3 is 2.46 bits per heavy atom. The number of nitrogens with zero attached hydrogens (tertiary/aromatic N) is 1. The minimum atomic E-state index is -0.894. The molecule has 26 heavy (non-hydrogen) atoms. The zero-order valence-corrected chi connectivity index (χ0v) is 15.4. The molecule has 1 N–H and O–H groups in total. The van der Waals surface area contributed by atoms with Crippen LogP contribution in [0.15, 0.2) is 60.0 Å². The molecule has 0 fully saturated rings. The van der Waals surface area contributed by atoms with Crippen LogP contribution in [-0.4, -0.2) is 24.0 Å². The maximum atomic E-state index is 12.6. The van der Waals surface area contributed by atoms with E-state index in [1.54, 1.807) is 41.8 Å². The van der Waals surface area contributed by atoms with Crippen LogP contribution in [0.3, 0.4) is 0 Å². The number of carbonyl (C=O) groups is 2. The van der Waals surface area contributed by atoms with Crippen LogP contribution in [0.25, 0.3) is 10.6 Å². The number of methoxy groups -OCH3 is 1. The Labute approximate surface area is 159 Å². The molecule has 1 heterocycles.